The molecule has 19 heavy (non-hydrogen) atoms. The molecular weight excluding hydrogens is 252 g/mol. The van der Waals surface area contributed by atoms with Crippen LogP contribution in [0.5, 0.6) is 0 Å². The van der Waals surface area contributed by atoms with E-state index in [0.717, 1.165) is 17.0 Å². The first-order valence-electron chi connectivity index (χ1n) is 7.12. The van der Waals surface area contributed by atoms with Gasteiger partial charge in [0, 0.05) is 22.7 Å². The van der Waals surface area contributed by atoms with Gasteiger partial charge in [0.1, 0.15) is 6.07 Å². The molecule has 1 fully saturated rings. The summed E-state index contributed by atoms with van der Waals surface area (Å²) in [5.74, 6) is 0. The van der Waals surface area contributed by atoms with E-state index in [1.807, 2.05) is 17.8 Å². The Morgan fingerprint density at radius 2 is 2.11 bits per heavy atom. The number of hydrogen-bond acceptors (Lipinski definition) is 3. The van der Waals surface area contributed by atoms with Gasteiger partial charge in [0.25, 0.3) is 0 Å². The molecule has 0 aromatic heterocycles. The Kier molecular flexibility index (Phi) is 5.30. The largest absolute Gasteiger partial charge is 0.310 e. The van der Waals surface area contributed by atoms with E-state index in [2.05, 4.69) is 37.4 Å². The minimum atomic E-state index is 0.470. The second kappa shape index (κ2) is 6.98. The van der Waals surface area contributed by atoms with Gasteiger partial charge in [0.15, 0.2) is 0 Å². The number of nitriles is 1. The molecule has 3 heteroatoms. The monoisotopic (exact) mass is 274 g/mol. The predicted octanol–water partition coefficient (Wildman–Crippen LogP) is 4.09. The van der Waals surface area contributed by atoms with Crippen molar-refractivity contribution in [1.29, 1.82) is 5.26 Å². The van der Waals surface area contributed by atoms with Crippen LogP contribution in [0, 0.1) is 11.3 Å². The van der Waals surface area contributed by atoms with Crippen molar-refractivity contribution in [3.8, 4) is 6.07 Å². The topological polar surface area (TPSA) is 35.8 Å². The Morgan fingerprint density at radius 1 is 1.37 bits per heavy atom. The van der Waals surface area contributed by atoms with Gasteiger partial charge in [0.05, 0.1) is 5.56 Å². The summed E-state index contributed by atoms with van der Waals surface area (Å²) in [6.45, 7) is 5.10. The maximum absolute atomic E-state index is 9.31. The van der Waals surface area contributed by atoms with Crippen molar-refractivity contribution in [2.45, 2.75) is 62.3 Å². The third-order valence-electron chi connectivity index (χ3n) is 3.47. The normalized spacial score (nSPS) is 15.9. The van der Waals surface area contributed by atoms with Crippen molar-refractivity contribution in [2.24, 2.45) is 0 Å². The molecule has 2 nitrogen and oxygen atoms in total. The summed E-state index contributed by atoms with van der Waals surface area (Å²) in [6, 6.07) is 9.12. The van der Waals surface area contributed by atoms with Crippen LogP contribution >= 0.6 is 11.8 Å². The Labute approximate surface area is 120 Å². The van der Waals surface area contributed by atoms with Crippen molar-refractivity contribution < 1.29 is 0 Å². The molecule has 0 heterocycles. The molecule has 0 radical (unpaired) electrons. The summed E-state index contributed by atoms with van der Waals surface area (Å²) in [5, 5.41) is 13.4. The van der Waals surface area contributed by atoms with Crippen LogP contribution in [0.3, 0.4) is 0 Å². The lowest BCUT2D eigenvalue weighted by Gasteiger charge is -2.12. The second-order valence-electron chi connectivity index (χ2n) is 5.50. The van der Waals surface area contributed by atoms with Gasteiger partial charge < -0.3 is 5.32 Å². The number of rotatable bonds is 5. The minimum Gasteiger partial charge on any atom is -0.310 e. The van der Waals surface area contributed by atoms with Gasteiger partial charge in [0.2, 0.25) is 0 Å². The summed E-state index contributed by atoms with van der Waals surface area (Å²) in [7, 11) is 0. The van der Waals surface area contributed by atoms with E-state index < -0.39 is 0 Å². The van der Waals surface area contributed by atoms with Crippen LogP contribution < -0.4 is 5.32 Å². The maximum Gasteiger partial charge on any atom is 0.100 e. The van der Waals surface area contributed by atoms with E-state index in [0.29, 0.717) is 11.3 Å². The van der Waals surface area contributed by atoms with E-state index in [1.54, 1.807) is 0 Å². The zero-order valence-electron chi connectivity index (χ0n) is 11.8. The molecule has 1 aromatic rings. The lowest BCUT2D eigenvalue weighted by molar-refractivity contribution is 0.588. The zero-order chi connectivity index (χ0) is 13.7. The molecule has 1 aromatic carbocycles. The highest BCUT2D eigenvalue weighted by Crippen LogP contribution is 2.36. The number of nitrogens with one attached hydrogen (secondary N) is 1. The van der Waals surface area contributed by atoms with Gasteiger partial charge in [-0.15, -0.1) is 11.8 Å². The Balaban J connectivity index is 2.05. The Bertz CT molecular complexity index is 456. The average molecular weight is 274 g/mol. The molecule has 0 saturated heterocycles. The molecule has 1 N–H and O–H groups in total. The van der Waals surface area contributed by atoms with Crippen LogP contribution in [0.15, 0.2) is 23.1 Å². The van der Waals surface area contributed by atoms with Crippen molar-refractivity contribution in [3.05, 3.63) is 29.3 Å². The fraction of sp³-hybridized carbons (Fsp3) is 0.562. The third kappa shape index (κ3) is 4.26. The summed E-state index contributed by atoms with van der Waals surface area (Å²) in [5.41, 5.74) is 2.03. The fourth-order valence-corrected chi connectivity index (χ4v) is 3.69. The number of hydrogen-bond donors (Lipinski definition) is 1. The summed E-state index contributed by atoms with van der Waals surface area (Å²) in [6.07, 6.45) is 5.28. The number of thioether (sulfide) groups is 1. The van der Waals surface area contributed by atoms with Crippen molar-refractivity contribution in [3.63, 3.8) is 0 Å². The molecule has 0 bridgehead atoms. The highest BCUT2D eigenvalue weighted by atomic mass is 32.2. The molecule has 0 aliphatic heterocycles. The average Bonchev–Trinajstić information content (AvgIpc) is 2.90. The highest BCUT2D eigenvalue weighted by molar-refractivity contribution is 8.00. The van der Waals surface area contributed by atoms with E-state index in [-0.39, 0.29) is 0 Å². The third-order valence-corrected chi connectivity index (χ3v) is 4.89. The van der Waals surface area contributed by atoms with E-state index in [4.69, 9.17) is 0 Å². The molecule has 0 spiro atoms. The van der Waals surface area contributed by atoms with Crippen LogP contribution in [-0.4, -0.2) is 11.3 Å². The molecule has 0 amide bonds. The fourth-order valence-electron chi connectivity index (χ4n) is 2.38. The number of nitrogens with zero attached hydrogens (tertiary/aromatic N) is 1. The summed E-state index contributed by atoms with van der Waals surface area (Å²) in [4.78, 5) is 1.16. The van der Waals surface area contributed by atoms with Gasteiger partial charge in [-0.25, -0.2) is 0 Å². The van der Waals surface area contributed by atoms with Crippen LogP contribution in [0.4, 0.5) is 0 Å². The molecule has 0 atom stereocenters. The Morgan fingerprint density at radius 3 is 2.74 bits per heavy atom. The van der Waals surface area contributed by atoms with Gasteiger partial charge in [-0.1, -0.05) is 32.8 Å². The molecule has 2 rings (SSSR count). The van der Waals surface area contributed by atoms with Crippen LogP contribution in [-0.2, 0) is 6.54 Å². The number of benzene rings is 1. The maximum atomic E-state index is 9.31. The Hall–Kier alpha value is -0.980. The summed E-state index contributed by atoms with van der Waals surface area (Å²) < 4.78 is 0. The molecule has 1 saturated carbocycles. The molecular formula is C16H22N2S. The van der Waals surface area contributed by atoms with Crippen molar-refractivity contribution in [1.82, 2.24) is 5.32 Å². The molecule has 1 aliphatic carbocycles. The molecule has 102 valence electrons. The summed E-state index contributed by atoms with van der Waals surface area (Å²) >= 11 is 1.89. The SMILES string of the molecule is CC(C)NCc1ccc(SC2CCCC2)c(C#N)c1. The van der Waals surface area contributed by atoms with Crippen LogP contribution in [0.25, 0.3) is 0 Å². The van der Waals surface area contributed by atoms with E-state index in [1.165, 1.54) is 31.2 Å². The standard InChI is InChI=1S/C16H22N2S/c1-12(2)18-11-13-7-8-16(14(9-13)10-17)19-15-5-3-4-6-15/h7-9,12,15,18H,3-6,11H2,1-2H3. The van der Waals surface area contributed by atoms with E-state index in [9.17, 15) is 5.26 Å². The first kappa shape index (κ1) is 14.4. The minimum absolute atomic E-state index is 0.470. The predicted molar refractivity (Wildman–Crippen MR) is 81.2 cm³/mol. The smallest absolute Gasteiger partial charge is 0.100 e. The lowest BCUT2D eigenvalue weighted by atomic mass is 10.1. The van der Waals surface area contributed by atoms with Crippen LogP contribution in [0.1, 0.15) is 50.7 Å². The molecule has 1 aliphatic rings. The quantitative estimate of drug-likeness (QED) is 0.878. The molecule has 0 unspecified atom stereocenters. The highest BCUT2D eigenvalue weighted by Gasteiger charge is 2.17. The van der Waals surface area contributed by atoms with Gasteiger partial charge >= 0.3 is 0 Å². The van der Waals surface area contributed by atoms with Crippen LogP contribution in [0.2, 0.25) is 0 Å². The zero-order valence-corrected chi connectivity index (χ0v) is 12.6. The van der Waals surface area contributed by atoms with Crippen molar-refractivity contribution >= 4 is 11.8 Å². The second-order valence-corrected chi connectivity index (χ2v) is 6.84. The van der Waals surface area contributed by atoms with E-state index >= 15 is 0 Å². The first-order valence-corrected chi connectivity index (χ1v) is 8.00. The first-order chi connectivity index (χ1) is 9.19. The van der Waals surface area contributed by atoms with Gasteiger partial charge in [-0.3, -0.25) is 0 Å². The lowest BCUT2D eigenvalue weighted by Crippen LogP contribution is -2.21. The van der Waals surface area contributed by atoms with Crippen molar-refractivity contribution in [2.75, 3.05) is 0 Å². The van der Waals surface area contributed by atoms with Gasteiger partial charge in [-0.05, 0) is 30.5 Å². The van der Waals surface area contributed by atoms with Gasteiger partial charge in [-0.2, -0.15) is 5.26 Å².